The minimum atomic E-state index is -2.66. The van der Waals surface area contributed by atoms with E-state index in [1.807, 2.05) is 0 Å². The number of halogens is 3. The van der Waals surface area contributed by atoms with Gasteiger partial charge in [0.25, 0.3) is 18.1 Å². The molecule has 0 saturated carbocycles. The second-order valence-electron chi connectivity index (χ2n) is 4.61. The molecule has 118 valence electrons. The lowest BCUT2D eigenvalue weighted by molar-refractivity contribution is 0.0884. The zero-order valence-electron chi connectivity index (χ0n) is 11.6. The first-order valence-electron chi connectivity index (χ1n) is 6.57. The summed E-state index contributed by atoms with van der Waals surface area (Å²) in [5.74, 6) is -1.01. The van der Waals surface area contributed by atoms with Crippen LogP contribution in [0.3, 0.4) is 0 Å². The van der Waals surface area contributed by atoms with Crippen LogP contribution in [0.4, 0.5) is 13.2 Å². The number of rotatable bonds is 4. The van der Waals surface area contributed by atoms with E-state index in [0.717, 1.165) is 4.52 Å². The third-order valence-corrected chi connectivity index (χ3v) is 3.04. The maximum atomic E-state index is 13.0. The molecule has 1 N–H and O–H groups in total. The van der Waals surface area contributed by atoms with Gasteiger partial charge in [0.05, 0.1) is 12.2 Å². The summed E-state index contributed by atoms with van der Waals surface area (Å²) < 4.78 is 38.7. The van der Waals surface area contributed by atoms with E-state index in [4.69, 9.17) is 0 Å². The van der Waals surface area contributed by atoms with E-state index in [-0.39, 0.29) is 11.5 Å². The predicted octanol–water partition coefficient (Wildman–Crippen LogP) is 1.93. The Balaban J connectivity index is 2.04. The molecule has 0 radical (unpaired) electrons. The smallest absolute Gasteiger partial charge is 0.270 e. The van der Waals surface area contributed by atoms with Crippen LogP contribution in [0, 0.1) is 5.82 Å². The Morgan fingerprint density at radius 1 is 1.26 bits per heavy atom. The molecule has 2 heterocycles. The highest BCUT2D eigenvalue weighted by molar-refractivity contribution is 5.94. The molecule has 0 aliphatic carbocycles. The van der Waals surface area contributed by atoms with Gasteiger partial charge in [0.1, 0.15) is 17.8 Å². The number of carbonyl (C=O) groups is 1. The highest BCUT2D eigenvalue weighted by Crippen LogP contribution is 2.19. The number of amides is 1. The molecule has 0 bridgehead atoms. The third-order valence-electron chi connectivity index (χ3n) is 3.04. The van der Waals surface area contributed by atoms with Gasteiger partial charge in [-0.3, -0.25) is 4.79 Å². The molecule has 6 nitrogen and oxygen atoms in total. The molecule has 0 atom stereocenters. The van der Waals surface area contributed by atoms with Gasteiger partial charge in [-0.15, -0.1) is 0 Å². The first kappa shape index (κ1) is 14.9. The first-order valence-corrected chi connectivity index (χ1v) is 6.57. The number of carbonyl (C=O) groups excluding carboxylic acids is 1. The van der Waals surface area contributed by atoms with Gasteiger partial charge in [-0.2, -0.15) is 14.6 Å². The van der Waals surface area contributed by atoms with Crippen molar-refractivity contribution in [3.05, 3.63) is 48.2 Å². The van der Waals surface area contributed by atoms with Crippen LogP contribution in [0.25, 0.3) is 17.0 Å². The highest BCUT2D eigenvalue weighted by Gasteiger charge is 2.16. The summed E-state index contributed by atoms with van der Waals surface area (Å²) >= 11 is 0. The van der Waals surface area contributed by atoms with Crippen molar-refractivity contribution in [2.75, 3.05) is 6.54 Å². The van der Waals surface area contributed by atoms with Gasteiger partial charge in [0, 0.05) is 5.56 Å². The number of fused-ring (bicyclic) bond motifs is 1. The van der Waals surface area contributed by atoms with Gasteiger partial charge in [0.15, 0.2) is 0 Å². The van der Waals surface area contributed by atoms with E-state index in [0.29, 0.717) is 11.3 Å². The average Bonchev–Trinajstić information content (AvgIpc) is 3.00. The molecule has 3 rings (SSSR count). The SMILES string of the molecule is O=C(NCC(F)F)c1cc(-c2ccc(F)cc2)nc2ncnn12. The zero-order chi connectivity index (χ0) is 16.4. The van der Waals surface area contributed by atoms with Gasteiger partial charge in [-0.1, -0.05) is 0 Å². The lowest BCUT2D eigenvalue weighted by atomic mass is 10.1. The van der Waals surface area contributed by atoms with Crippen molar-refractivity contribution in [1.29, 1.82) is 0 Å². The molecular weight excluding hydrogens is 311 g/mol. The topological polar surface area (TPSA) is 72.2 Å². The number of hydrogen-bond acceptors (Lipinski definition) is 4. The van der Waals surface area contributed by atoms with Crippen molar-refractivity contribution >= 4 is 11.7 Å². The molecule has 0 aliphatic rings. The first-order chi connectivity index (χ1) is 11.0. The van der Waals surface area contributed by atoms with E-state index in [1.165, 1.54) is 36.7 Å². The molecule has 9 heteroatoms. The van der Waals surface area contributed by atoms with Gasteiger partial charge >= 0.3 is 0 Å². The van der Waals surface area contributed by atoms with E-state index in [9.17, 15) is 18.0 Å². The highest BCUT2D eigenvalue weighted by atomic mass is 19.3. The summed E-state index contributed by atoms with van der Waals surface area (Å²) in [7, 11) is 0. The average molecular weight is 321 g/mol. The lowest BCUT2D eigenvalue weighted by Gasteiger charge is -2.08. The van der Waals surface area contributed by atoms with E-state index in [1.54, 1.807) is 0 Å². The molecule has 23 heavy (non-hydrogen) atoms. The number of hydrogen-bond donors (Lipinski definition) is 1. The minimum Gasteiger partial charge on any atom is -0.345 e. The van der Waals surface area contributed by atoms with E-state index < -0.39 is 24.7 Å². The standard InChI is InChI=1S/C14H10F3N5O/c15-9-3-1-8(2-4-9)10-5-11(13(23)18-6-12(16)17)22-14(21-10)19-7-20-22/h1-5,7,12H,6H2,(H,18,23). The normalized spacial score (nSPS) is 11.1. The summed E-state index contributed by atoms with van der Waals surface area (Å²) in [6.45, 7) is -0.775. The molecule has 2 aromatic heterocycles. The fourth-order valence-electron chi connectivity index (χ4n) is 2.00. The minimum absolute atomic E-state index is 0.00692. The van der Waals surface area contributed by atoms with Crippen molar-refractivity contribution in [2.45, 2.75) is 6.43 Å². The fraction of sp³-hybridized carbons (Fsp3) is 0.143. The van der Waals surface area contributed by atoms with E-state index in [2.05, 4.69) is 20.4 Å². The Morgan fingerprint density at radius 2 is 2.00 bits per heavy atom. The Bertz CT molecular complexity index is 847. The Labute approximate surface area is 128 Å². The van der Waals surface area contributed by atoms with Crippen molar-refractivity contribution in [3.63, 3.8) is 0 Å². The number of aromatic nitrogens is 4. The molecule has 0 aliphatic heterocycles. The van der Waals surface area contributed by atoms with E-state index >= 15 is 0 Å². The molecule has 1 aromatic carbocycles. The maximum absolute atomic E-state index is 13.0. The van der Waals surface area contributed by atoms with Crippen molar-refractivity contribution in [2.24, 2.45) is 0 Å². The Kier molecular flexibility index (Phi) is 3.92. The second kappa shape index (κ2) is 6.03. The predicted molar refractivity (Wildman–Crippen MR) is 74.5 cm³/mol. The van der Waals surface area contributed by atoms with Crippen LogP contribution < -0.4 is 5.32 Å². The quantitative estimate of drug-likeness (QED) is 0.797. The summed E-state index contributed by atoms with van der Waals surface area (Å²) in [5, 5.41) is 5.95. The summed E-state index contributed by atoms with van der Waals surface area (Å²) in [6.07, 6.45) is -1.47. The third kappa shape index (κ3) is 3.12. The van der Waals surface area contributed by atoms with Crippen LogP contribution in [0.2, 0.25) is 0 Å². The molecule has 0 unspecified atom stereocenters. The molecule has 0 saturated heterocycles. The molecule has 0 spiro atoms. The number of nitrogens with zero attached hydrogens (tertiary/aromatic N) is 4. The van der Waals surface area contributed by atoms with Crippen LogP contribution in [0.5, 0.6) is 0 Å². The molecular formula is C14H10F3N5O. The molecule has 0 fully saturated rings. The molecule has 1 amide bonds. The van der Waals surface area contributed by atoms with Crippen molar-refractivity contribution in [3.8, 4) is 11.3 Å². The summed E-state index contributed by atoms with van der Waals surface area (Å²) in [4.78, 5) is 20.2. The number of benzene rings is 1. The van der Waals surface area contributed by atoms with Crippen LogP contribution in [-0.2, 0) is 0 Å². The van der Waals surface area contributed by atoms with Gasteiger partial charge in [-0.05, 0) is 30.3 Å². The van der Waals surface area contributed by atoms with Crippen LogP contribution >= 0.6 is 0 Å². The van der Waals surface area contributed by atoms with Crippen molar-refractivity contribution in [1.82, 2.24) is 24.9 Å². The maximum Gasteiger partial charge on any atom is 0.270 e. The second-order valence-corrected chi connectivity index (χ2v) is 4.61. The van der Waals surface area contributed by atoms with Gasteiger partial charge in [0.2, 0.25) is 0 Å². The van der Waals surface area contributed by atoms with Gasteiger partial charge in [-0.25, -0.2) is 18.2 Å². The van der Waals surface area contributed by atoms with Crippen molar-refractivity contribution < 1.29 is 18.0 Å². The van der Waals surface area contributed by atoms with Crippen LogP contribution in [0.1, 0.15) is 10.5 Å². The zero-order valence-corrected chi connectivity index (χ0v) is 11.6. The lowest BCUT2D eigenvalue weighted by Crippen LogP contribution is -2.30. The summed E-state index contributed by atoms with van der Waals surface area (Å²) in [6, 6.07) is 6.87. The van der Waals surface area contributed by atoms with Crippen LogP contribution in [0.15, 0.2) is 36.7 Å². The Morgan fingerprint density at radius 3 is 2.70 bits per heavy atom. The number of alkyl halides is 2. The monoisotopic (exact) mass is 321 g/mol. The fourth-order valence-corrected chi connectivity index (χ4v) is 2.00. The van der Waals surface area contributed by atoms with Gasteiger partial charge < -0.3 is 5.32 Å². The number of nitrogens with one attached hydrogen (secondary N) is 1. The largest absolute Gasteiger partial charge is 0.345 e. The molecule has 3 aromatic rings. The van der Waals surface area contributed by atoms with Crippen LogP contribution in [-0.4, -0.2) is 38.5 Å². The summed E-state index contributed by atoms with van der Waals surface area (Å²) in [5.41, 5.74) is 0.917. The Hall–Kier alpha value is -2.97.